The largest absolute Gasteiger partial charge is 0.0695 e. The number of rotatable bonds is 0. The minimum absolute atomic E-state index is 1.34. The zero-order chi connectivity index (χ0) is 7.14. The van der Waals surface area contributed by atoms with E-state index in [0.717, 1.165) is 0 Å². The predicted molar refractivity (Wildman–Crippen MR) is 43.9 cm³/mol. The molecule has 0 spiro atoms. The molecule has 0 N–H and O–H groups in total. The highest BCUT2D eigenvalue weighted by Crippen LogP contribution is 2.42. The summed E-state index contributed by atoms with van der Waals surface area (Å²) in [4.78, 5) is 0. The first-order valence-corrected chi connectivity index (χ1v) is 4.16. The van der Waals surface area contributed by atoms with Crippen molar-refractivity contribution in [1.29, 1.82) is 0 Å². The summed E-state index contributed by atoms with van der Waals surface area (Å²) in [6.07, 6.45) is 5.35. The van der Waals surface area contributed by atoms with Crippen molar-refractivity contribution in [3.8, 4) is 0 Å². The molecule has 0 bridgehead atoms. The molecule has 0 unspecified atom stereocenters. The minimum Gasteiger partial charge on any atom is -0.0695 e. The van der Waals surface area contributed by atoms with E-state index in [4.69, 9.17) is 0 Å². The van der Waals surface area contributed by atoms with Crippen LogP contribution in [0, 0.1) is 0 Å². The van der Waals surface area contributed by atoms with Crippen LogP contribution in [0.3, 0.4) is 0 Å². The zero-order valence-corrected chi connectivity index (χ0v) is 6.83. The fraction of sp³-hybridized carbons (Fsp3) is 0.600. The van der Waals surface area contributed by atoms with Crippen LogP contribution in [-0.2, 0) is 0 Å². The average Bonchev–Trinajstić information content (AvgIpc) is 2.41. The summed E-state index contributed by atoms with van der Waals surface area (Å²) in [5, 5.41) is 0. The summed E-state index contributed by atoms with van der Waals surface area (Å²) in [6.45, 7) is 4.59. The maximum atomic E-state index is 2.29. The Labute approximate surface area is 62.6 Å². The summed E-state index contributed by atoms with van der Waals surface area (Å²) in [5.41, 5.74) is 6.73. The van der Waals surface area contributed by atoms with E-state index in [-0.39, 0.29) is 0 Å². The molecular formula is C10H14. The maximum absolute atomic E-state index is 2.29. The van der Waals surface area contributed by atoms with Crippen molar-refractivity contribution in [3.05, 3.63) is 22.3 Å². The molecule has 0 fully saturated rings. The topological polar surface area (TPSA) is 0 Å². The fourth-order valence-corrected chi connectivity index (χ4v) is 2.17. The van der Waals surface area contributed by atoms with E-state index in [9.17, 15) is 0 Å². The first-order chi connectivity index (χ1) is 4.79. The van der Waals surface area contributed by atoms with Crippen molar-refractivity contribution in [2.75, 3.05) is 0 Å². The molecule has 0 heterocycles. The van der Waals surface area contributed by atoms with Crippen LogP contribution in [0.1, 0.15) is 39.5 Å². The maximum Gasteiger partial charge on any atom is -0.0239 e. The van der Waals surface area contributed by atoms with Gasteiger partial charge in [-0.2, -0.15) is 0 Å². The van der Waals surface area contributed by atoms with E-state index in [2.05, 4.69) is 13.8 Å². The van der Waals surface area contributed by atoms with Crippen molar-refractivity contribution in [3.63, 3.8) is 0 Å². The van der Waals surface area contributed by atoms with Crippen LogP contribution < -0.4 is 0 Å². The van der Waals surface area contributed by atoms with Crippen LogP contribution >= 0.6 is 0 Å². The molecule has 0 saturated carbocycles. The van der Waals surface area contributed by atoms with Gasteiger partial charge in [0, 0.05) is 0 Å². The molecule has 0 aromatic heterocycles. The van der Waals surface area contributed by atoms with Gasteiger partial charge in [0.1, 0.15) is 0 Å². The third-order valence-corrected chi connectivity index (χ3v) is 2.89. The van der Waals surface area contributed by atoms with Crippen LogP contribution in [0.25, 0.3) is 0 Å². The molecule has 2 rings (SSSR count). The van der Waals surface area contributed by atoms with E-state index >= 15 is 0 Å². The molecule has 0 radical (unpaired) electrons. The summed E-state index contributed by atoms with van der Waals surface area (Å²) in [5.74, 6) is 0. The van der Waals surface area contributed by atoms with Gasteiger partial charge in [0.25, 0.3) is 0 Å². The van der Waals surface area contributed by atoms with Crippen LogP contribution in [0.15, 0.2) is 22.3 Å². The molecule has 54 valence electrons. The van der Waals surface area contributed by atoms with E-state index in [1.54, 1.807) is 22.3 Å². The van der Waals surface area contributed by atoms with Gasteiger partial charge in [0.2, 0.25) is 0 Å². The van der Waals surface area contributed by atoms with Gasteiger partial charge in [-0.15, -0.1) is 0 Å². The molecule has 2 aliphatic carbocycles. The average molecular weight is 134 g/mol. The van der Waals surface area contributed by atoms with Crippen molar-refractivity contribution in [2.45, 2.75) is 39.5 Å². The Hall–Kier alpha value is -0.520. The summed E-state index contributed by atoms with van der Waals surface area (Å²) < 4.78 is 0. The van der Waals surface area contributed by atoms with Gasteiger partial charge < -0.3 is 0 Å². The van der Waals surface area contributed by atoms with Gasteiger partial charge in [-0.3, -0.25) is 0 Å². The van der Waals surface area contributed by atoms with Gasteiger partial charge in [-0.05, 0) is 50.7 Å². The molecule has 0 nitrogen and oxygen atoms in total. The first-order valence-electron chi connectivity index (χ1n) is 4.16. The van der Waals surface area contributed by atoms with Crippen LogP contribution in [0.5, 0.6) is 0 Å². The van der Waals surface area contributed by atoms with Gasteiger partial charge >= 0.3 is 0 Å². The molecule has 2 aliphatic rings. The minimum atomic E-state index is 1.34. The molecular weight excluding hydrogens is 120 g/mol. The van der Waals surface area contributed by atoms with Gasteiger partial charge in [0.15, 0.2) is 0 Å². The summed E-state index contributed by atoms with van der Waals surface area (Å²) in [7, 11) is 0. The van der Waals surface area contributed by atoms with Gasteiger partial charge in [-0.1, -0.05) is 11.1 Å². The molecule has 0 aliphatic heterocycles. The van der Waals surface area contributed by atoms with Crippen molar-refractivity contribution in [2.24, 2.45) is 0 Å². The molecule has 0 amide bonds. The Morgan fingerprint density at radius 1 is 0.700 bits per heavy atom. The molecule has 0 aromatic rings. The smallest absolute Gasteiger partial charge is 0.0239 e. The van der Waals surface area contributed by atoms with E-state index in [0.29, 0.717) is 0 Å². The van der Waals surface area contributed by atoms with Crippen LogP contribution in [-0.4, -0.2) is 0 Å². The molecule has 0 aromatic carbocycles. The number of hydrogen-bond acceptors (Lipinski definition) is 0. The quantitative estimate of drug-likeness (QED) is 0.477. The highest BCUT2D eigenvalue weighted by molar-refractivity contribution is 5.47. The monoisotopic (exact) mass is 134 g/mol. The Bertz CT molecular complexity index is 202. The molecule has 10 heavy (non-hydrogen) atoms. The van der Waals surface area contributed by atoms with E-state index in [1.165, 1.54) is 25.7 Å². The Balaban J connectivity index is 2.46. The van der Waals surface area contributed by atoms with Crippen molar-refractivity contribution < 1.29 is 0 Å². The first kappa shape index (κ1) is 6.21. The molecule has 0 saturated heterocycles. The molecule has 0 heteroatoms. The second-order valence-corrected chi connectivity index (χ2v) is 3.52. The second-order valence-electron chi connectivity index (χ2n) is 3.52. The fourth-order valence-electron chi connectivity index (χ4n) is 2.17. The lowest BCUT2D eigenvalue weighted by Gasteiger charge is -1.94. The zero-order valence-electron chi connectivity index (χ0n) is 6.83. The highest BCUT2D eigenvalue weighted by Gasteiger charge is 2.22. The van der Waals surface area contributed by atoms with Crippen LogP contribution in [0.4, 0.5) is 0 Å². The third kappa shape index (κ3) is 0.681. The third-order valence-electron chi connectivity index (χ3n) is 2.89. The Kier molecular flexibility index (Phi) is 1.23. The Morgan fingerprint density at radius 2 is 1.10 bits per heavy atom. The Morgan fingerprint density at radius 3 is 1.50 bits per heavy atom. The normalized spacial score (nSPS) is 24.6. The second kappa shape index (κ2) is 1.98. The lowest BCUT2D eigenvalue weighted by molar-refractivity contribution is 0.952. The van der Waals surface area contributed by atoms with Crippen molar-refractivity contribution >= 4 is 0 Å². The van der Waals surface area contributed by atoms with Crippen LogP contribution in [0.2, 0.25) is 0 Å². The van der Waals surface area contributed by atoms with Crippen molar-refractivity contribution in [1.82, 2.24) is 0 Å². The number of allylic oxidation sites excluding steroid dienone is 4. The highest BCUT2D eigenvalue weighted by atomic mass is 14.3. The number of fused-ring (bicyclic) bond motifs is 1. The van der Waals surface area contributed by atoms with E-state index < -0.39 is 0 Å². The van der Waals surface area contributed by atoms with E-state index in [1.807, 2.05) is 0 Å². The predicted octanol–water partition coefficient (Wildman–Crippen LogP) is 3.21. The standard InChI is InChI=1S/C10H14/c1-7-3-5-10-8(2)4-6-9(7)10/h3-6H2,1-2H3. The molecule has 0 atom stereocenters. The lowest BCUT2D eigenvalue weighted by atomic mass is 10.1. The number of hydrogen-bond donors (Lipinski definition) is 0. The SMILES string of the molecule is CC1=C2CCC(C)=C2CC1. The lowest BCUT2D eigenvalue weighted by Crippen LogP contribution is -1.74. The summed E-state index contributed by atoms with van der Waals surface area (Å²) >= 11 is 0. The van der Waals surface area contributed by atoms with Gasteiger partial charge in [-0.25, -0.2) is 0 Å². The summed E-state index contributed by atoms with van der Waals surface area (Å²) in [6, 6.07) is 0. The van der Waals surface area contributed by atoms with Gasteiger partial charge in [0.05, 0.1) is 0 Å².